The van der Waals surface area contributed by atoms with Crippen molar-refractivity contribution in [2.24, 2.45) is 0 Å². The highest BCUT2D eigenvalue weighted by Crippen LogP contribution is 2.40. The topological polar surface area (TPSA) is 69.0 Å². The molecule has 1 aliphatic heterocycles. The molecule has 29 heavy (non-hydrogen) atoms. The van der Waals surface area contributed by atoms with Gasteiger partial charge in [0.2, 0.25) is 5.95 Å². The lowest BCUT2D eigenvalue weighted by Gasteiger charge is -2.32. The monoisotopic (exact) mass is 406 g/mol. The van der Waals surface area contributed by atoms with Crippen LogP contribution in [0.25, 0.3) is 11.4 Å². The molecule has 6 nitrogen and oxygen atoms in total. The summed E-state index contributed by atoms with van der Waals surface area (Å²) in [5.41, 5.74) is 3.57. The molecule has 0 spiro atoms. The van der Waals surface area contributed by atoms with Crippen LogP contribution in [0.2, 0.25) is 5.02 Å². The first-order valence-electron chi connectivity index (χ1n) is 9.54. The molecule has 1 atom stereocenters. The number of benzene rings is 2. The molecule has 1 N–H and O–H groups in total. The van der Waals surface area contributed by atoms with E-state index >= 15 is 0 Å². The first-order chi connectivity index (χ1) is 14.1. The van der Waals surface area contributed by atoms with Gasteiger partial charge < -0.3 is 10.1 Å². The standard InChI is InChI=1S/C22H19ClN4O2/c1-29-16-11-7-14(8-12-16)21-25-22-24-17-3-2-4-18(28)19(17)20(27(22)26-21)13-5-9-15(23)10-6-13/h5-12,20H,2-4H2,1H3,(H,24,25,26). The van der Waals surface area contributed by atoms with Crippen LogP contribution in [0, 0.1) is 0 Å². The molecule has 2 aromatic carbocycles. The summed E-state index contributed by atoms with van der Waals surface area (Å²) >= 11 is 6.09. The molecule has 7 heteroatoms. The molecule has 0 bridgehead atoms. The largest absolute Gasteiger partial charge is 0.497 e. The van der Waals surface area contributed by atoms with Crippen LogP contribution in [0.15, 0.2) is 59.8 Å². The highest BCUT2D eigenvalue weighted by Gasteiger charge is 2.36. The Morgan fingerprint density at radius 2 is 1.86 bits per heavy atom. The van der Waals surface area contributed by atoms with Gasteiger partial charge in [0.1, 0.15) is 11.8 Å². The molecular weight excluding hydrogens is 388 g/mol. The predicted octanol–water partition coefficient (Wildman–Crippen LogP) is 4.63. The number of hydrogen-bond acceptors (Lipinski definition) is 5. The molecule has 0 saturated carbocycles. The highest BCUT2D eigenvalue weighted by molar-refractivity contribution is 6.30. The van der Waals surface area contributed by atoms with E-state index in [4.69, 9.17) is 26.4 Å². The van der Waals surface area contributed by atoms with Gasteiger partial charge in [-0.25, -0.2) is 4.68 Å². The second-order valence-corrected chi connectivity index (χ2v) is 7.62. The second-order valence-electron chi connectivity index (χ2n) is 7.18. The van der Waals surface area contributed by atoms with Crippen LogP contribution >= 0.6 is 11.6 Å². The van der Waals surface area contributed by atoms with Gasteiger partial charge in [0.05, 0.1) is 7.11 Å². The maximum atomic E-state index is 12.8. The number of ether oxygens (including phenoxy) is 1. The maximum Gasteiger partial charge on any atom is 0.226 e. The van der Waals surface area contributed by atoms with E-state index in [0.29, 0.717) is 23.2 Å². The molecule has 0 amide bonds. The molecule has 0 fully saturated rings. The minimum atomic E-state index is -0.314. The van der Waals surface area contributed by atoms with Crippen LogP contribution in [0.1, 0.15) is 30.9 Å². The zero-order valence-corrected chi connectivity index (χ0v) is 16.6. The molecule has 0 radical (unpaired) electrons. The zero-order valence-electron chi connectivity index (χ0n) is 15.9. The predicted molar refractivity (Wildman–Crippen MR) is 111 cm³/mol. The van der Waals surface area contributed by atoms with Gasteiger partial charge in [-0.05, 0) is 54.8 Å². The highest BCUT2D eigenvalue weighted by atomic mass is 35.5. The maximum absolute atomic E-state index is 12.8. The van der Waals surface area contributed by atoms with Crippen LogP contribution in [-0.2, 0) is 4.79 Å². The summed E-state index contributed by atoms with van der Waals surface area (Å²) < 4.78 is 7.04. The number of fused-ring (bicyclic) bond motifs is 1. The number of nitrogens with one attached hydrogen (secondary N) is 1. The van der Waals surface area contributed by atoms with E-state index in [1.807, 2.05) is 53.2 Å². The van der Waals surface area contributed by atoms with Crippen molar-refractivity contribution in [3.8, 4) is 17.1 Å². The van der Waals surface area contributed by atoms with Gasteiger partial charge >= 0.3 is 0 Å². The lowest BCUT2D eigenvalue weighted by Crippen LogP contribution is -2.31. The quantitative estimate of drug-likeness (QED) is 0.686. The van der Waals surface area contributed by atoms with Gasteiger partial charge in [0.15, 0.2) is 11.6 Å². The average Bonchev–Trinajstić information content (AvgIpc) is 3.17. The number of hydrogen-bond donors (Lipinski definition) is 1. The summed E-state index contributed by atoms with van der Waals surface area (Å²) in [6, 6.07) is 14.9. The van der Waals surface area contributed by atoms with E-state index in [0.717, 1.165) is 41.0 Å². The Hall–Kier alpha value is -3.12. The summed E-state index contributed by atoms with van der Waals surface area (Å²) in [7, 11) is 1.64. The molecular formula is C22H19ClN4O2. The van der Waals surface area contributed by atoms with E-state index in [2.05, 4.69) is 5.32 Å². The number of methoxy groups -OCH3 is 1. The average molecular weight is 407 g/mol. The van der Waals surface area contributed by atoms with E-state index in [1.165, 1.54) is 0 Å². The third-order valence-electron chi connectivity index (χ3n) is 5.40. The third kappa shape index (κ3) is 3.09. The molecule has 1 aliphatic carbocycles. The molecule has 5 rings (SSSR count). The van der Waals surface area contributed by atoms with Crippen molar-refractivity contribution in [1.29, 1.82) is 0 Å². The zero-order chi connectivity index (χ0) is 20.0. The van der Waals surface area contributed by atoms with Crippen molar-refractivity contribution in [2.45, 2.75) is 25.3 Å². The molecule has 146 valence electrons. The minimum Gasteiger partial charge on any atom is -0.497 e. The number of carbonyl (C=O) groups excluding carboxylic acids is 1. The Morgan fingerprint density at radius 1 is 1.10 bits per heavy atom. The van der Waals surface area contributed by atoms with Crippen LogP contribution in [0.5, 0.6) is 5.75 Å². The molecule has 1 aromatic heterocycles. The van der Waals surface area contributed by atoms with Gasteiger partial charge in [0, 0.05) is 28.3 Å². The van der Waals surface area contributed by atoms with Gasteiger partial charge in [-0.2, -0.15) is 4.98 Å². The first-order valence-corrected chi connectivity index (χ1v) is 9.91. The van der Waals surface area contributed by atoms with Crippen molar-refractivity contribution in [2.75, 3.05) is 12.4 Å². The number of Topliss-reactive ketones (excluding diaryl/α,β-unsaturated/α-hetero) is 1. The Kier molecular flexibility index (Phi) is 4.36. The van der Waals surface area contributed by atoms with Gasteiger partial charge in [-0.1, -0.05) is 23.7 Å². The van der Waals surface area contributed by atoms with Crippen molar-refractivity contribution in [3.05, 3.63) is 70.4 Å². The van der Waals surface area contributed by atoms with Gasteiger partial charge in [-0.3, -0.25) is 4.79 Å². The van der Waals surface area contributed by atoms with Crippen LogP contribution < -0.4 is 10.1 Å². The number of carbonyl (C=O) groups is 1. The number of halogens is 1. The summed E-state index contributed by atoms with van der Waals surface area (Å²) in [5.74, 6) is 2.18. The lowest BCUT2D eigenvalue weighted by molar-refractivity contribution is -0.116. The summed E-state index contributed by atoms with van der Waals surface area (Å²) in [6.45, 7) is 0. The number of ketones is 1. The molecule has 1 unspecified atom stereocenters. The fourth-order valence-corrected chi connectivity index (χ4v) is 4.10. The fraction of sp³-hybridized carbons (Fsp3) is 0.227. The van der Waals surface area contributed by atoms with E-state index in [9.17, 15) is 4.79 Å². The summed E-state index contributed by atoms with van der Waals surface area (Å²) in [6.07, 6.45) is 2.23. The second kappa shape index (κ2) is 7.04. The van der Waals surface area contributed by atoms with Crippen molar-refractivity contribution >= 4 is 23.3 Å². The van der Waals surface area contributed by atoms with Crippen molar-refractivity contribution in [3.63, 3.8) is 0 Å². The Balaban J connectivity index is 1.63. The van der Waals surface area contributed by atoms with E-state index in [-0.39, 0.29) is 11.8 Å². The fourth-order valence-electron chi connectivity index (χ4n) is 3.97. The molecule has 3 aromatic rings. The number of nitrogens with zero attached hydrogens (tertiary/aromatic N) is 3. The van der Waals surface area contributed by atoms with Gasteiger partial charge in [0.25, 0.3) is 0 Å². The van der Waals surface area contributed by atoms with Crippen molar-refractivity contribution < 1.29 is 9.53 Å². The van der Waals surface area contributed by atoms with E-state index < -0.39 is 0 Å². The van der Waals surface area contributed by atoms with Crippen LogP contribution in [0.4, 0.5) is 5.95 Å². The SMILES string of the molecule is COc1ccc(-c2nc3n(n2)C(c2ccc(Cl)cc2)C2=C(CCCC2=O)N3)cc1. The van der Waals surface area contributed by atoms with Crippen molar-refractivity contribution in [1.82, 2.24) is 14.8 Å². The molecule has 2 aliphatic rings. The number of allylic oxidation sites excluding steroid dienone is 2. The van der Waals surface area contributed by atoms with Crippen LogP contribution in [-0.4, -0.2) is 27.7 Å². The Morgan fingerprint density at radius 3 is 2.59 bits per heavy atom. The normalized spacial score (nSPS) is 18.1. The lowest BCUT2D eigenvalue weighted by atomic mass is 9.85. The smallest absolute Gasteiger partial charge is 0.226 e. The summed E-state index contributed by atoms with van der Waals surface area (Å²) in [4.78, 5) is 17.6. The Labute approximate surface area is 173 Å². The Bertz CT molecular complexity index is 1120. The number of aromatic nitrogens is 3. The number of rotatable bonds is 3. The van der Waals surface area contributed by atoms with E-state index in [1.54, 1.807) is 7.11 Å². The third-order valence-corrected chi connectivity index (χ3v) is 5.65. The minimum absolute atomic E-state index is 0.158. The van der Waals surface area contributed by atoms with Gasteiger partial charge in [-0.15, -0.1) is 5.10 Å². The molecule has 2 heterocycles. The van der Waals surface area contributed by atoms with Crippen LogP contribution in [0.3, 0.4) is 0 Å². The first kappa shape index (κ1) is 17.9. The summed E-state index contributed by atoms with van der Waals surface area (Å²) in [5, 5.41) is 8.77. The number of anilines is 1. The molecule has 0 saturated heterocycles.